The number of carbonyl (C=O) groups excluding carboxylic acids is 1. The van der Waals surface area contributed by atoms with Gasteiger partial charge in [-0.25, -0.2) is 9.50 Å². The summed E-state index contributed by atoms with van der Waals surface area (Å²) in [5, 5.41) is 7.88. The zero-order chi connectivity index (χ0) is 24.1. The molecule has 180 valence electrons. The monoisotopic (exact) mass is 462 g/mol. The van der Waals surface area contributed by atoms with Crippen LogP contribution in [0.15, 0.2) is 35.9 Å². The van der Waals surface area contributed by atoms with Gasteiger partial charge in [-0.3, -0.25) is 4.79 Å². The first-order chi connectivity index (χ1) is 16.5. The maximum atomic E-state index is 12.5. The Morgan fingerprint density at radius 3 is 2.50 bits per heavy atom. The number of amides is 1. The summed E-state index contributed by atoms with van der Waals surface area (Å²) < 4.78 is 12.7. The number of hydrogen-bond acceptors (Lipinski definition) is 5. The van der Waals surface area contributed by atoms with Gasteiger partial charge in [0.15, 0.2) is 5.65 Å². The highest BCUT2D eigenvalue weighted by atomic mass is 16.5. The standard InChI is InChI=1S/C27H34N4O3/c1-18-24(10-11-27(32)28-13-12-20-8-6-5-7-9-20)19(2)31-26(29-18)17-25(30-31)21-14-22(33-3)16-23(15-21)34-4/h8,14-17H,5-7,9-13H2,1-4H3,(H,28,32). The predicted octanol–water partition coefficient (Wildman–Crippen LogP) is 4.97. The number of rotatable bonds is 9. The largest absolute Gasteiger partial charge is 0.497 e. The van der Waals surface area contributed by atoms with E-state index in [0.29, 0.717) is 30.9 Å². The molecule has 0 fully saturated rings. The van der Waals surface area contributed by atoms with Gasteiger partial charge >= 0.3 is 0 Å². The molecule has 1 aliphatic rings. The Labute approximate surface area is 201 Å². The Bertz CT molecular complexity index is 1190. The third kappa shape index (κ3) is 5.41. The van der Waals surface area contributed by atoms with Crippen LogP contribution in [0.25, 0.3) is 16.9 Å². The van der Waals surface area contributed by atoms with Crippen LogP contribution in [0.3, 0.4) is 0 Å². The normalized spacial score (nSPS) is 13.6. The van der Waals surface area contributed by atoms with Crippen molar-refractivity contribution in [3.8, 4) is 22.8 Å². The number of fused-ring (bicyclic) bond motifs is 1. The molecule has 1 aliphatic carbocycles. The van der Waals surface area contributed by atoms with Gasteiger partial charge in [0.1, 0.15) is 11.5 Å². The second-order valence-electron chi connectivity index (χ2n) is 8.87. The average Bonchev–Trinajstić information content (AvgIpc) is 3.28. The summed E-state index contributed by atoms with van der Waals surface area (Å²) in [5.41, 5.74) is 6.95. The van der Waals surface area contributed by atoms with Gasteiger partial charge in [0.25, 0.3) is 0 Å². The number of methoxy groups -OCH3 is 2. The van der Waals surface area contributed by atoms with Gasteiger partial charge in [-0.15, -0.1) is 0 Å². The first kappa shape index (κ1) is 23.8. The van der Waals surface area contributed by atoms with Crippen LogP contribution in [0.4, 0.5) is 0 Å². The van der Waals surface area contributed by atoms with Gasteiger partial charge < -0.3 is 14.8 Å². The Hall–Kier alpha value is -3.35. The third-order valence-electron chi connectivity index (χ3n) is 6.57. The van der Waals surface area contributed by atoms with Gasteiger partial charge in [0, 0.05) is 42.0 Å². The lowest BCUT2D eigenvalue weighted by Gasteiger charge is -2.13. The average molecular weight is 463 g/mol. The smallest absolute Gasteiger partial charge is 0.220 e. The Morgan fingerprint density at radius 1 is 1.06 bits per heavy atom. The van der Waals surface area contributed by atoms with E-state index in [1.807, 2.05) is 42.6 Å². The molecule has 0 radical (unpaired) electrons. The van der Waals surface area contributed by atoms with Crippen molar-refractivity contribution in [1.29, 1.82) is 0 Å². The second kappa shape index (κ2) is 10.7. The zero-order valence-corrected chi connectivity index (χ0v) is 20.6. The molecule has 7 nitrogen and oxygen atoms in total. The predicted molar refractivity (Wildman–Crippen MR) is 133 cm³/mol. The lowest BCUT2D eigenvalue weighted by molar-refractivity contribution is -0.121. The van der Waals surface area contributed by atoms with Crippen LogP contribution in [0.2, 0.25) is 0 Å². The van der Waals surface area contributed by atoms with E-state index < -0.39 is 0 Å². The highest BCUT2D eigenvalue weighted by Gasteiger charge is 2.15. The minimum atomic E-state index is 0.0833. The van der Waals surface area contributed by atoms with Gasteiger partial charge in [-0.05, 0) is 70.1 Å². The van der Waals surface area contributed by atoms with Crippen molar-refractivity contribution in [2.24, 2.45) is 0 Å². The lowest BCUT2D eigenvalue weighted by Crippen LogP contribution is -2.25. The minimum Gasteiger partial charge on any atom is -0.497 e. The van der Waals surface area contributed by atoms with Gasteiger partial charge in [0.2, 0.25) is 5.91 Å². The highest BCUT2D eigenvalue weighted by Crippen LogP contribution is 2.30. The van der Waals surface area contributed by atoms with Crippen molar-refractivity contribution in [1.82, 2.24) is 19.9 Å². The van der Waals surface area contributed by atoms with E-state index in [-0.39, 0.29) is 5.91 Å². The molecule has 0 saturated carbocycles. The maximum absolute atomic E-state index is 12.5. The van der Waals surface area contributed by atoms with E-state index in [1.165, 1.54) is 31.3 Å². The molecular weight excluding hydrogens is 428 g/mol. The lowest BCUT2D eigenvalue weighted by atomic mass is 9.97. The van der Waals surface area contributed by atoms with Crippen LogP contribution in [-0.2, 0) is 11.2 Å². The summed E-state index contributed by atoms with van der Waals surface area (Å²) in [7, 11) is 3.26. The van der Waals surface area contributed by atoms with E-state index in [1.54, 1.807) is 14.2 Å². The molecule has 2 aromatic heterocycles. The van der Waals surface area contributed by atoms with Crippen molar-refractivity contribution in [3.05, 3.63) is 52.9 Å². The first-order valence-electron chi connectivity index (χ1n) is 12.0. The molecule has 0 spiro atoms. The molecule has 0 saturated heterocycles. The molecule has 0 aliphatic heterocycles. The Balaban J connectivity index is 1.46. The Kier molecular flexibility index (Phi) is 7.50. The van der Waals surface area contributed by atoms with Crippen LogP contribution >= 0.6 is 0 Å². The number of aryl methyl sites for hydroxylation is 2. The van der Waals surface area contributed by atoms with Crippen LogP contribution in [0, 0.1) is 13.8 Å². The van der Waals surface area contributed by atoms with Crippen molar-refractivity contribution in [2.75, 3.05) is 20.8 Å². The fourth-order valence-corrected chi connectivity index (χ4v) is 4.61. The van der Waals surface area contributed by atoms with Crippen LogP contribution < -0.4 is 14.8 Å². The van der Waals surface area contributed by atoms with E-state index in [9.17, 15) is 4.79 Å². The molecule has 0 bridgehead atoms. The molecular formula is C27H34N4O3. The fraction of sp³-hybridized carbons (Fsp3) is 0.444. The minimum absolute atomic E-state index is 0.0833. The molecule has 2 heterocycles. The Morgan fingerprint density at radius 2 is 1.82 bits per heavy atom. The molecule has 0 atom stereocenters. The number of hydrogen-bond donors (Lipinski definition) is 1. The van der Waals surface area contributed by atoms with Crippen molar-refractivity contribution < 1.29 is 14.3 Å². The number of benzene rings is 1. The number of ether oxygens (including phenoxy) is 2. The van der Waals surface area contributed by atoms with E-state index in [4.69, 9.17) is 19.6 Å². The summed E-state index contributed by atoms with van der Waals surface area (Å²) in [6.45, 7) is 4.75. The number of nitrogens with zero attached hydrogens (tertiary/aromatic N) is 3. The van der Waals surface area contributed by atoms with Crippen molar-refractivity contribution in [2.45, 2.75) is 58.8 Å². The van der Waals surface area contributed by atoms with E-state index in [0.717, 1.165) is 40.3 Å². The third-order valence-corrected chi connectivity index (χ3v) is 6.57. The SMILES string of the molecule is COc1cc(OC)cc(-c2cc3nc(C)c(CCC(=O)NCCC4=CCCCC4)c(C)n3n2)c1. The van der Waals surface area contributed by atoms with Crippen LogP contribution in [0.1, 0.15) is 55.5 Å². The number of carbonyl (C=O) groups is 1. The zero-order valence-electron chi connectivity index (χ0n) is 20.6. The van der Waals surface area contributed by atoms with Gasteiger partial charge in [-0.1, -0.05) is 11.6 Å². The summed E-state index contributed by atoms with van der Waals surface area (Å²) in [6.07, 6.45) is 9.29. The fourth-order valence-electron chi connectivity index (χ4n) is 4.61. The molecule has 0 unspecified atom stereocenters. The van der Waals surface area contributed by atoms with Crippen LogP contribution in [0.5, 0.6) is 11.5 Å². The molecule has 1 aromatic carbocycles. The molecule has 4 rings (SSSR count). The quantitative estimate of drug-likeness (QED) is 0.454. The topological polar surface area (TPSA) is 77.8 Å². The summed E-state index contributed by atoms with van der Waals surface area (Å²) in [5.74, 6) is 1.50. The molecule has 7 heteroatoms. The maximum Gasteiger partial charge on any atom is 0.220 e. The van der Waals surface area contributed by atoms with E-state index >= 15 is 0 Å². The molecule has 34 heavy (non-hydrogen) atoms. The number of nitrogens with one attached hydrogen (secondary N) is 1. The number of allylic oxidation sites excluding steroid dienone is 1. The molecule has 1 amide bonds. The van der Waals surface area contributed by atoms with Crippen molar-refractivity contribution in [3.63, 3.8) is 0 Å². The molecule has 1 N–H and O–H groups in total. The van der Waals surface area contributed by atoms with Crippen LogP contribution in [-0.4, -0.2) is 41.3 Å². The number of aromatic nitrogens is 3. The van der Waals surface area contributed by atoms with Gasteiger partial charge in [-0.2, -0.15) is 5.10 Å². The summed E-state index contributed by atoms with van der Waals surface area (Å²) >= 11 is 0. The summed E-state index contributed by atoms with van der Waals surface area (Å²) in [6, 6.07) is 7.66. The second-order valence-corrected chi connectivity index (χ2v) is 8.87. The summed E-state index contributed by atoms with van der Waals surface area (Å²) in [4.78, 5) is 17.2. The highest BCUT2D eigenvalue weighted by molar-refractivity contribution is 5.76. The van der Waals surface area contributed by atoms with E-state index in [2.05, 4.69) is 11.4 Å². The molecule has 3 aromatic rings. The van der Waals surface area contributed by atoms with Gasteiger partial charge in [0.05, 0.1) is 19.9 Å². The first-order valence-corrected chi connectivity index (χ1v) is 12.0. The van der Waals surface area contributed by atoms with Crippen molar-refractivity contribution >= 4 is 11.6 Å².